The number of likely N-dealkylation sites (N-methyl/N-ethyl adjacent to an activating group) is 1. The Kier molecular flexibility index (Phi) is 5.66. The van der Waals surface area contributed by atoms with Crippen molar-refractivity contribution in [2.24, 2.45) is 10.2 Å². The summed E-state index contributed by atoms with van der Waals surface area (Å²) in [7, 11) is 1.51. The van der Waals surface area contributed by atoms with E-state index in [0.29, 0.717) is 0 Å². The van der Waals surface area contributed by atoms with Crippen LogP contribution in [0, 0.1) is 0 Å². The highest BCUT2D eigenvalue weighted by Gasteiger charge is 2.14. The molecule has 0 aliphatic heterocycles. The molecule has 0 atom stereocenters. The Bertz CT molecular complexity index is 312. The number of nitrogens with one attached hydrogen (secondary N) is 1. The van der Waals surface area contributed by atoms with E-state index in [-0.39, 0.29) is 17.5 Å². The lowest BCUT2D eigenvalue weighted by Gasteiger charge is -2.07. The van der Waals surface area contributed by atoms with Crippen molar-refractivity contribution in [3.8, 4) is 0 Å². The average molecular weight is 239 g/mol. The van der Waals surface area contributed by atoms with Crippen molar-refractivity contribution in [3.63, 3.8) is 0 Å². The molecule has 0 unspecified atom stereocenters. The van der Waals surface area contributed by atoms with Gasteiger partial charge in [-0.05, 0) is 19.8 Å². The van der Waals surface area contributed by atoms with Gasteiger partial charge >= 0.3 is 0 Å². The van der Waals surface area contributed by atoms with Crippen LogP contribution in [0.5, 0.6) is 0 Å². The van der Waals surface area contributed by atoms with Gasteiger partial charge in [-0.15, -0.1) is 5.11 Å². The predicted octanol–water partition coefficient (Wildman–Crippen LogP) is 2.70. The van der Waals surface area contributed by atoms with Crippen LogP contribution in [0.2, 0.25) is 0 Å². The summed E-state index contributed by atoms with van der Waals surface area (Å²) in [5.74, 6) is -0.496. The molecular formula is C12H21N3O2. The molecule has 0 aromatic carbocycles. The van der Waals surface area contributed by atoms with Crippen molar-refractivity contribution in [3.05, 3.63) is 11.5 Å². The Morgan fingerprint density at radius 1 is 1.24 bits per heavy atom. The zero-order chi connectivity index (χ0) is 12.7. The van der Waals surface area contributed by atoms with Crippen molar-refractivity contribution in [2.75, 3.05) is 7.05 Å². The summed E-state index contributed by atoms with van der Waals surface area (Å²) in [6, 6.07) is 0.191. The van der Waals surface area contributed by atoms with E-state index in [1.54, 1.807) is 0 Å². The van der Waals surface area contributed by atoms with Gasteiger partial charge in [0.15, 0.2) is 5.70 Å². The first-order chi connectivity index (χ1) is 8.15. The van der Waals surface area contributed by atoms with Crippen LogP contribution < -0.4 is 5.32 Å². The molecule has 0 spiro atoms. The van der Waals surface area contributed by atoms with Crippen molar-refractivity contribution in [2.45, 2.75) is 51.5 Å². The van der Waals surface area contributed by atoms with Gasteiger partial charge in [-0.25, -0.2) is 0 Å². The Morgan fingerprint density at radius 3 is 2.29 bits per heavy atom. The number of allylic oxidation sites excluding steroid dienone is 1. The van der Waals surface area contributed by atoms with Gasteiger partial charge in [0.2, 0.25) is 0 Å². The summed E-state index contributed by atoms with van der Waals surface area (Å²) in [4.78, 5) is 11.4. The SMILES string of the molecule is CNC(=O)C(N=NC1CCCCCC1)=C(C)O. The minimum atomic E-state index is -0.401. The molecule has 0 heterocycles. The Balaban J connectivity index is 2.66. The summed E-state index contributed by atoms with van der Waals surface area (Å²) < 4.78 is 0. The number of aliphatic hydroxyl groups is 1. The molecule has 1 fully saturated rings. The molecule has 0 aromatic heterocycles. The molecular weight excluding hydrogens is 218 g/mol. The lowest BCUT2D eigenvalue weighted by molar-refractivity contribution is -0.117. The maximum atomic E-state index is 11.4. The monoisotopic (exact) mass is 239 g/mol. The van der Waals surface area contributed by atoms with E-state index >= 15 is 0 Å². The summed E-state index contributed by atoms with van der Waals surface area (Å²) in [5, 5.41) is 19.9. The Morgan fingerprint density at radius 2 is 1.82 bits per heavy atom. The Hall–Kier alpha value is -1.39. The summed E-state index contributed by atoms with van der Waals surface area (Å²) in [6.45, 7) is 1.44. The van der Waals surface area contributed by atoms with Crippen molar-refractivity contribution < 1.29 is 9.90 Å². The molecule has 17 heavy (non-hydrogen) atoms. The lowest BCUT2D eigenvalue weighted by atomic mass is 10.1. The predicted molar refractivity (Wildman–Crippen MR) is 65.7 cm³/mol. The van der Waals surface area contributed by atoms with E-state index in [9.17, 15) is 9.90 Å². The second kappa shape index (κ2) is 7.04. The van der Waals surface area contributed by atoms with Crippen LogP contribution in [0.25, 0.3) is 0 Å². The molecule has 2 N–H and O–H groups in total. The molecule has 5 nitrogen and oxygen atoms in total. The van der Waals surface area contributed by atoms with E-state index in [4.69, 9.17) is 0 Å². The third-order valence-electron chi connectivity index (χ3n) is 2.93. The van der Waals surface area contributed by atoms with Gasteiger partial charge in [-0.2, -0.15) is 5.11 Å². The number of hydrogen-bond acceptors (Lipinski definition) is 4. The van der Waals surface area contributed by atoms with E-state index in [2.05, 4.69) is 15.5 Å². The Labute approximate surface area is 102 Å². The summed E-state index contributed by atoms with van der Waals surface area (Å²) in [5.41, 5.74) is 0.0109. The van der Waals surface area contributed by atoms with Crippen molar-refractivity contribution >= 4 is 5.91 Å². The first-order valence-electron chi connectivity index (χ1n) is 6.18. The molecule has 0 radical (unpaired) electrons. The van der Waals surface area contributed by atoms with Gasteiger partial charge in [0.05, 0.1) is 6.04 Å². The molecule has 1 amide bonds. The number of amides is 1. The van der Waals surface area contributed by atoms with Crippen LogP contribution in [-0.4, -0.2) is 24.1 Å². The van der Waals surface area contributed by atoms with E-state index in [1.807, 2.05) is 0 Å². The highest BCUT2D eigenvalue weighted by molar-refractivity contribution is 5.92. The average Bonchev–Trinajstić information content (AvgIpc) is 2.57. The number of hydrogen-bond donors (Lipinski definition) is 2. The first-order valence-corrected chi connectivity index (χ1v) is 6.18. The summed E-state index contributed by atoms with van der Waals surface area (Å²) in [6.07, 6.45) is 6.89. The molecule has 1 aliphatic carbocycles. The van der Waals surface area contributed by atoms with Crippen LogP contribution in [-0.2, 0) is 4.79 Å². The van der Waals surface area contributed by atoms with Gasteiger partial charge in [0, 0.05) is 7.05 Å². The van der Waals surface area contributed by atoms with E-state index in [0.717, 1.165) is 12.8 Å². The van der Waals surface area contributed by atoms with Gasteiger partial charge < -0.3 is 10.4 Å². The second-order valence-electron chi connectivity index (χ2n) is 4.37. The van der Waals surface area contributed by atoms with Crippen molar-refractivity contribution in [1.29, 1.82) is 0 Å². The van der Waals surface area contributed by atoms with E-state index in [1.165, 1.54) is 39.7 Å². The zero-order valence-electron chi connectivity index (χ0n) is 10.6. The maximum absolute atomic E-state index is 11.4. The number of aliphatic hydroxyl groups excluding tert-OH is 1. The quantitative estimate of drug-likeness (QED) is 0.344. The number of carbonyl (C=O) groups excluding carboxylic acids is 1. The zero-order valence-corrected chi connectivity index (χ0v) is 10.6. The van der Waals surface area contributed by atoms with Gasteiger partial charge in [-0.1, -0.05) is 25.7 Å². The molecule has 1 saturated carbocycles. The highest BCUT2D eigenvalue weighted by Crippen LogP contribution is 2.20. The number of azo groups is 1. The maximum Gasteiger partial charge on any atom is 0.275 e. The number of nitrogens with zero attached hydrogens (tertiary/aromatic N) is 2. The molecule has 0 aromatic rings. The van der Waals surface area contributed by atoms with Gasteiger partial charge in [0.25, 0.3) is 5.91 Å². The van der Waals surface area contributed by atoms with E-state index < -0.39 is 5.91 Å². The second-order valence-corrected chi connectivity index (χ2v) is 4.37. The third kappa shape index (κ3) is 4.54. The first kappa shape index (κ1) is 13.7. The molecule has 5 heteroatoms. The largest absolute Gasteiger partial charge is 0.510 e. The minimum absolute atomic E-state index is 0.0109. The fraction of sp³-hybridized carbons (Fsp3) is 0.750. The molecule has 96 valence electrons. The normalized spacial score (nSPS) is 19.9. The van der Waals surface area contributed by atoms with Crippen molar-refractivity contribution in [1.82, 2.24) is 5.32 Å². The topological polar surface area (TPSA) is 74.0 Å². The minimum Gasteiger partial charge on any atom is -0.510 e. The van der Waals surface area contributed by atoms with Crippen LogP contribution in [0.4, 0.5) is 0 Å². The fourth-order valence-corrected chi connectivity index (χ4v) is 1.91. The van der Waals surface area contributed by atoms with Crippen LogP contribution in [0.15, 0.2) is 21.7 Å². The summed E-state index contributed by atoms with van der Waals surface area (Å²) >= 11 is 0. The van der Waals surface area contributed by atoms with Gasteiger partial charge in [0.1, 0.15) is 5.76 Å². The molecule has 1 rings (SSSR count). The number of rotatable bonds is 3. The number of carbonyl (C=O) groups is 1. The fourth-order valence-electron chi connectivity index (χ4n) is 1.91. The smallest absolute Gasteiger partial charge is 0.275 e. The van der Waals surface area contributed by atoms with Gasteiger partial charge in [-0.3, -0.25) is 4.79 Å². The molecule has 0 bridgehead atoms. The lowest BCUT2D eigenvalue weighted by Crippen LogP contribution is -2.20. The highest BCUT2D eigenvalue weighted by atomic mass is 16.3. The standard InChI is InChI=1S/C12H21N3O2/c1-9(16)11(12(17)13-2)15-14-10-7-5-3-4-6-8-10/h10,16H,3-8H2,1-2H3,(H,13,17). The van der Waals surface area contributed by atoms with Crippen LogP contribution in [0.1, 0.15) is 45.4 Å². The third-order valence-corrected chi connectivity index (χ3v) is 2.93. The molecule has 1 aliphatic rings. The van der Waals surface area contributed by atoms with Crippen LogP contribution in [0.3, 0.4) is 0 Å². The molecule has 0 saturated heterocycles. The van der Waals surface area contributed by atoms with Crippen LogP contribution >= 0.6 is 0 Å².